The molecule has 0 radical (unpaired) electrons. The Bertz CT molecular complexity index is 682. The van der Waals surface area contributed by atoms with Crippen molar-refractivity contribution in [3.63, 3.8) is 0 Å². The molecule has 106 valence electrons. The molecule has 0 unspecified atom stereocenters. The first-order valence-corrected chi connectivity index (χ1v) is 6.45. The average molecular weight is 276 g/mol. The Hall–Kier alpha value is -2.25. The van der Waals surface area contributed by atoms with Gasteiger partial charge >= 0.3 is 5.97 Å². The van der Waals surface area contributed by atoms with E-state index in [0.717, 1.165) is 17.0 Å². The van der Waals surface area contributed by atoms with E-state index in [0.29, 0.717) is 25.2 Å². The van der Waals surface area contributed by atoms with Crippen LogP contribution in [0.25, 0.3) is 11.4 Å². The van der Waals surface area contributed by atoms with Crippen LogP contribution in [0.5, 0.6) is 0 Å². The van der Waals surface area contributed by atoms with Crippen molar-refractivity contribution in [2.24, 2.45) is 12.5 Å². The van der Waals surface area contributed by atoms with Gasteiger partial charge in [-0.1, -0.05) is 0 Å². The molecular weight excluding hydrogens is 260 g/mol. The fraction of sp³-hybridized carbons (Fsp3) is 0.583. The van der Waals surface area contributed by atoms with E-state index in [4.69, 9.17) is 0 Å². The molecule has 0 atom stereocenters. The van der Waals surface area contributed by atoms with Gasteiger partial charge in [0.25, 0.3) is 0 Å². The maximum Gasteiger partial charge on any atom is 0.311 e. The summed E-state index contributed by atoms with van der Waals surface area (Å²) in [6.07, 6.45) is 1.35. The summed E-state index contributed by atoms with van der Waals surface area (Å²) >= 11 is 0. The summed E-state index contributed by atoms with van der Waals surface area (Å²) in [5, 5.41) is 25.3. The Labute approximate surface area is 115 Å². The lowest BCUT2D eigenvalue weighted by molar-refractivity contribution is -0.144. The van der Waals surface area contributed by atoms with Crippen molar-refractivity contribution in [3.8, 4) is 11.4 Å². The summed E-state index contributed by atoms with van der Waals surface area (Å²) in [5.74, 6) is -0.195. The van der Waals surface area contributed by atoms with E-state index >= 15 is 0 Å². The van der Waals surface area contributed by atoms with Crippen LogP contribution in [0.2, 0.25) is 0 Å². The fourth-order valence-electron chi connectivity index (χ4n) is 2.46. The lowest BCUT2D eigenvalue weighted by atomic mass is 10.1. The second-order valence-corrected chi connectivity index (χ2v) is 5.42. The van der Waals surface area contributed by atoms with Gasteiger partial charge in [0, 0.05) is 12.7 Å². The normalized spacial score (nSPS) is 16.4. The van der Waals surface area contributed by atoms with E-state index in [1.807, 2.05) is 20.9 Å². The number of hydrogen-bond acceptors (Lipinski definition) is 5. The van der Waals surface area contributed by atoms with Crippen molar-refractivity contribution in [3.05, 3.63) is 11.4 Å². The average Bonchev–Trinajstić information content (AvgIpc) is 2.96. The second kappa shape index (κ2) is 4.12. The Morgan fingerprint density at radius 1 is 1.40 bits per heavy atom. The highest BCUT2D eigenvalue weighted by atomic mass is 16.4. The molecule has 1 fully saturated rings. The van der Waals surface area contributed by atoms with Gasteiger partial charge in [-0.05, 0) is 37.1 Å². The predicted molar refractivity (Wildman–Crippen MR) is 68.8 cm³/mol. The molecule has 0 amide bonds. The molecule has 1 aliphatic rings. The van der Waals surface area contributed by atoms with E-state index < -0.39 is 11.4 Å². The van der Waals surface area contributed by atoms with Crippen LogP contribution in [-0.2, 0) is 18.4 Å². The van der Waals surface area contributed by atoms with Gasteiger partial charge in [-0.15, -0.1) is 5.10 Å². The van der Waals surface area contributed by atoms with Crippen LogP contribution in [0.1, 0.15) is 24.2 Å². The third-order valence-electron chi connectivity index (χ3n) is 4.02. The number of nitrogens with zero attached hydrogens (tertiary/aromatic N) is 6. The molecule has 0 saturated heterocycles. The largest absolute Gasteiger partial charge is 0.481 e. The summed E-state index contributed by atoms with van der Waals surface area (Å²) in [5.41, 5.74) is 1.97. The van der Waals surface area contributed by atoms with Crippen LogP contribution < -0.4 is 0 Å². The minimum atomic E-state index is -0.779. The number of aromatic nitrogens is 6. The molecule has 1 saturated carbocycles. The summed E-state index contributed by atoms with van der Waals surface area (Å²) in [6, 6.07) is 0. The first kappa shape index (κ1) is 12.8. The Kier molecular flexibility index (Phi) is 2.63. The third-order valence-corrected chi connectivity index (χ3v) is 4.02. The number of carboxylic acid groups (broad SMARTS) is 1. The fourth-order valence-corrected chi connectivity index (χ4v) is 2.46. The minimum Gasteiger partial charge on any atom is -0.481 e. The number of aliphatic carboxylic acids is 1. The molecule has 2 heterocycles. The van der Waals surface area contributed by atoms with Crippen LogP contribution in [-0.4, -0.2) is 41.1 Å². The molecule has 0 spiro atoms. The lowest BCUT2D eigenvalue weighted by Crippen LogP contribution is -2.22. The second-order valence-electron chi connectivity index (χ2n) is 5.42. The molecular formula is C12H16N6O2. The Balaban J connectivity index is 2.01. The van der Waals surface area contributed by atoms with Gasteiger partial charge in [-0.3, -0.25) is 9.48 Å². The predicted octanol–water partition coefficient (Wildman–Crippen LogP) is 0.555. The first-order valence-electron chi connectivity index (χ1n) is 6.45. The number of carbonyl (C=O) groups is 1. The summed E-state index contributed by atoms with van der Waals surface area (Å²) in [7, 11) is 1.86. The maximum absolute atomic E-state index is 11.3. The van der Waals surface area contributed by atoms with Gasteiger partial charge in [0.2, 0.25) is 0 Å². The van der Waals surface area contributed by atoms with Crippen LogP contribution in [0.3, 0.4) is 0 Å². The van der Waals surface area contributed by atoms with E-state index in [2.05, 4.69) is 20.6 Å². The van der Waals surface area contributed by atoms with Gasteiger partial charge in [-0.25, -0.2) is 4.68 Å². The maximum atomic E-state index is 11.3. The van der Waals surface area contributed by atoms with Gasteiger partial charge in [0.15, 0.2) is 5.82 Å². The number of rotatable bonds is 4. The molecule has 0 aromatic carbocycles. The molecule has 1 aliphatic carbocycles. The van der Waals surface area contributed by atoms with Gasteiger partial charge < -0.3 is 5.11 Å². The Morgan fingerprint density at radius 2 is 2.10 bits per heavy atom. The summed E-state index contributed by atoms with van der Waals surface area (Å²) in [4.78, 5) is 11.3. The molecule has 0 aliphatic heterocycles. The van der Waals surface area contributed by atoms with Crippen LogP contribution in [0, 0.1) is 19.3 Å². The molecule has 8 heteroatoms. The van der Waals surface area contributed by atoms with E-state index in [1.165, 1.54) is 0 Å². The molecule has 0 bridgehead atoms. The summed E-state index contributed by atoms with van der Waals surface area (Å²) in [6.45, 7) is 4.14. The number of tetrazole rings is 1. The van der Waals surface area contributed by atoms with Gasteiger partial charge in [0.05, 0.1) is 23.2 Å². The zero-order valence-corrected chi connectivity index (χ0v) is 11.7. The highest BCUT2D eigenvalue weighted by molar-refractivity contribution is 5.77. The van der Waals surface area contributed by atoms with Crippen molar-refractivity contribution < 1.29 is 9.90 Å². The molecule has 8 nitrogen and oxygen atoms in total. The summed E-state index contributed by atoms with van der Waals surface area (Å²) < 4.78 is 3.35. The van der Waals surface area contributed by atoms with Gasteiger partial charge in [-0.2, -0.15) is 5.10 Å². The van der Waals surface area contributed by atoms with E-state index in [-0.39, 0.29) is 0 Å². The van der Waals surface area contributed by atoms with Crippen molar-refractivity contribution in [2.75, 3.05) is 0 Å². The number of hydrogen-bond donors (Lipinski definition) is 1. The zero-order valence-electron chi connectivity index (χ0n) is 11.7. The van der Waals surface area contributed by atoms with Crippen LogP contribution in [0.4, 0.5) is 0 Å². The number of carboxylic acids is 1. The third kappa shape index (κ3) is 1.79. The minimum absolute atomic E-state index is 0.304. The van der Waals surface area contributed by atoms with E-state index in [9.17, 15) is 9.90 Å². The number of aryl methyl sites for hydroxylation is 2. The first-order chi connectivity index (χ1) is 9.44. The molecule has 2 aromatic heterocycles. The van der Waals surface area contributed by atoms with Crippen LogP contribution >= 0.6 is 0 Å². The van der Waals surface area contributed by atoms with Crippen molar-refractivity contribution >= 4 is 5.97 Å². The topological polar surface area (TPSA) is 98.7 Å². The lowest BCUT2D eigenvalue weighted by Gasteiger charge is -2.10. The van der Waals surface area contributed by atoms with E-state index in [1.54, 1.807) is 9.36 Å². The SMILES string of the molecule is Cc1nn(C)c(C)c1-c1nnnn1CC1(C(=O)O)CC1. The zero-order chi connectivity index (χ0) is 14.5. The van der Waals surface area contributed by atoms with Crippen molar-refractivity contribution in [2.45, 2.75) is 33.2 Å². The Morgan fingerprint density at radius 3 is 2.60 bits per heavy atom. The quantitative estimate of drug-likeness (QED) is 0.875. The van der Waals surface area contributed by atoms with Crippen molar-refractivity contribution in [1.82, 2.24) is 30.0 Å². The molecule has 20 heavy (non-hydrogen) atoms. The smallest absolute Gasteiger partial charge is 0.311 e. The molecule has 1 N–H and O–H groups in total. The monoisotopic (exact) mass is 276 g/mol. The van der Waals surface area contributed by atoms with Crippen molar-refractivity contribution in [1.29, 1.82) is 0 Å². The van der Waals surface area contributed by atoms with Crippen LogP contribution in [0.15, 0.2) is 0 Å². The molecule has 2 aromatic rings. The highest BCUT2D eigenvalue weighted by Gasteiger charge is 2.51. The highest BCUT2D eigenvalue weighted by Crippen LogP contribution is 2.47. The molecule has 3 rings (SSSR count). The van der Waals surface area contributed by atoms with Gasteiger partial charge in [0.1, 0.15) is 0 Å². The standard InChI is InChI=1S/C12H16N6O2/c1-7-9(8(2)17(3)14-7)10-13-15-16-18(10)6-12(4-5-12)11(19)20/h4-6H2,1-3H3,(H,19,20).